The van der Waals surface area contributed by atoms with Gasteiger partial charge in [-0.05, 0) is 96.6 Å². The molecule has 1 aromatic heterocycles. The van der Waals surface area contributed by atoms with E-state index in [1.54, 1.807) is 0 Å². The Bertz CT molecular complexity index is 3470. The number of anilines is 3. The van der Waals surface area contributed by atoms with Gasteiger partial charge in [0, 0.05) is 38.5 Å². The summed E-state index contributed by atoms with van der Waals surface area (Å²) in [6, 6.07) is 77.2. The molecule has 10 aromatic carbocycles. The third kappa shape index (κ3) is 5.49. The number of hydrogen-bond donors (Lipinski definition) is 0. The largest absolute Gasteiger partial charge is 0.453 e. The number of furan rings is 1. The van der Waals surface area contributed by atoms with Gasteiger partial charge >= 0.3 is 0 Å². The van der Waals surface area contributed by atoms with E-state index in [2.05, 4.69) is 231 Å². The molecule has 0 amide bonds. The summed E-state index contributed by atoms with van der Waals surface area (Å²) < 4.78 is 7.37. The Morgan fingerprint density at radius 1 is 0.344 bits per heavy atom. The maximum Gasteiger partial charge on any atom is 0.160 e. The van der Waals surface area contributed by atoms with E-state index in [4.69, 9.17) is 4.42 Å². The van der Waals surface area contributed by atoms with Crippen molar-refractivity contribution in [2.75, 3.05) is 4.90 Å². The lowest BCUT2D eigenvalue weighted by Crippen LogP contribution is -2.17. The summed E-state index contributed by atoms with van der Waals surface area (Å²) in [6.45, 7) is 4.71. The molecular weight excluding hydrogens is 739 g/mol. The van der Waals surface area contributed by atoms with Crippen molar-refractivity contribution >= 4 is 60.5 Å². The molecule has 0 saturated carbocycles. The molecule has 0 N–H and O–H groups in total. The zero-order chi connectivity index (χ0) is 40.7. The molecule has 0 bridgehead atoms. The number of fused-ring (bicyclic) bond motifs is 11. The Balaban J connectivity index is 1.12. The van der Waals surface area contributed by atoms with Crippen LogP contribution in [0.5, 0.6) is 0 Å². The lowest BCUT2D eigenvalue weighted by atomic mass is 9.82. The maximum absolute atomic E-state index is 7.37. The highest BCUT2D eigenvalue weighted by atomic mass is 16.3. The Kier molecular flexibility index (Phi) is 7.92. The van der Waals surface area contributed by atoms with E-state index in [9.17, 15) is 0 Å². The quantitative estimate of drug-likeness (QED) is 0.156. The van der Waals surface area contributed by atoms with E-state index in [1.165, 1.54) is 55.1 Å². The van der Waals surface area contributed by atoms with Gasteiger partial charge in [-0.2, -0.15) is 0 Å². The van der Waals surface area contributed by atoms with Crippen LogP contribution in [0.4, 0.5) is 17.1 Å². The highest BCUT2D eigenvalue weighted by molar-refractivity contribution is 6.31. The van der Waals surface area contributed by atoms with Gasteiger partial charge in [-0.15, -0.1) is 0 Å². The first-order valence-electron chi connectivity index (χ1n) is 21.2. The minimum absolute atomic E-state index is 0.172. The molecule has 2 heteroatoms. The van der Waals surface area contributed by atoms with Crippen LogP contribution in [-0.2, 0) is 5.41 Å². The first-order valence-corrected chi connectivity index (χ1v) is 21.2. The standard InChI is InChI=1S/C59H41NO/c1-59(2)53-24-14-13-21-48(53)49-34-33-44(37-54(49)59)60(43-31-29-41(30-32-43)40-27-25-39(26-28-40)38-15-5-3-6-16-38)56-45(42-17-7-4-8-18-42)35-36-52-55-50-22-11-9-19-46(50)47-20-10-12-23-51(47)57(55)61-58(52)56/h3-37H,1-2H3. The predicted molar refractivity (Wildman–Crippen MR) is 257 cm³/mol. The van der Waals surface area contributed by atoms with E-state index < -0.39 is 0 Å². The van der Waals surface area contributed by atoms with Gasteiger partial charge in [-0.1, -0.05) is 196 Å². The van der Waals surface area contributed by atoms with Crippen molar-refractivity contribution in [3.63, 3.8) is 0 Å². The first kappa shape index (κ1) is 35.3. The second-order valence-electron chi connectivity index (χ2n) is 16.8. The average molecular weight is 780 g/mol. The smallest absolute Gasteiger partial charge is 0.160 e. The van der Waals surface area contributed by atoms with Gasteiger partial charge in [-0.3, -0.25) is 0 Å². The summed E-state index contributed by atoms with van der Waals surface area (Å²) in [5.74, 6) is 0. The SMILES string of the molecule is CC1(C)c2ccccc2-c2ccc(N(c3ccc(-c4ccc(-c5ccccc5)cc4)cc3)c3c(-c4ccccc4)ccc4c3oc3c5ccccc5c5ccccc5c43)cc21. The second-order valence-corrected chi connectivity index (χ2v) is 16.8. The van der Waals surface area contributed by atoms with E-state index >= 15 is 0 Å². The molecule has 61 heavy (non-hydrogen) atoms. The minimum Gasteiger partial charge on any atom is -0.453 e. The third-order valence-electron chi connectivity index (χ3n) is 13.1. The van der Waals surface area contributed by atoms with Crippen LogP contribution in [-0.4, -0.2) is 0 Å². The molecule has 1 aliphatic rings. The van der Waals surface area contributed by atoms with Crippen LogP contribution in [0.1, 0.15) is 25.0 Å². The van der Waals surface area contributed by atoms with Gasteiger partial charge in [0.05, 0.1) is 5.69 Å². The zero-order valence-electron chi connectivity index (χ0n) is 34.1. The van der Waals surface area contributed by atoms with Crippen molar-refractivity contribution in [3.8, 4) is 44.5 Å². The van der Waals surface area contributed by atoms with E-state index in [0.717, 1.165) is 61.1 Å². The molecule has 0 atom stereocenters. The van der Waals surface area contributed by atoms with Gasteiger partial charge in [0.25, 0.3) is 0 Å². The summed E-state index contributed by atoms with van der Waals surface area (Å²) >= 11 is 0. The Morgan fingerprint density at radius 2 is 0.836 bits per heavy atom. The highest BCUT2D eigenvalue weighted by Crippen LogP contribution is 2.53. The predicted octanol–water partition coefficient (Wildman–Crippen LogP) is 16.7. The van der Waals surface area contributed by atoms with Crippen molar-refractivity contribution in [1.82, 2.24) is 0 Å². The van der Waals surface area contributed by atoms with Gasteiger partial charge in [0.1, 0.15) is 5.58 Å². The average Bonchev–Trinajstić information content (AvgIpc) is 3.83. The monoisotopic (exact) mass is 779 g/mol. The summed E-state index contributed by atoms with van der Waals surface area (Å²) in [6.07, 6.45) is 0. The van der Waals surface area contributed by atoms with Gasteiger partial charge in [-0.25, -0.2) is 0 Å². The van der Waals surface area contributed by atoms with Crippen LogP contribution in [0.2, 0.25) is 0 Å². The van der Waals surface area contributed by atoms with Crippen LogP contribution < -0.4 is 4.90 Å². The molecule has 12 rings (SSSR count). The molecule has 1 aliphatic carbocycles. The van der Waals surface area contributed by atoms with Gasteiger partial charge < -0.3 is 9.32 Å². The highest BCUT2D eigenvalue weighted by Gasteiger charge is 2.36. The molecule has 0 unspecified atom stereocenters. The van der Waals surface area contributed by atoms with Crippen LogP contribution in [0.15, 0.2) is 217 Å². The van der Waals surface area contributed by atoms with Crippen LogP contribution >= 0.6 is 0 Å². The molecule has 0 fully saturated rings. The summed E-state index contributed by atoms with van der Waals surface area (Å²) in [5.41, 5.74) is 17.0. The molecule has 0 spiro atoms. The van der Waals surface area contributed by atoms with Crippen molar-refractivity contribution < 1.29 is 4.42 Å². The van der Waals surface area contributed by atoms with Crippen LogP contribution in [0.3, 0.4) is 0 Å². The molecule has 0 radical (unpaired) electrons. The zero-order valence-corrected chi connectivity index (χ0v) is 34.1. The van der Waals surface area contributed by atoms with E-state index in [0.29, 0.717) is 0 Å². The fraction of sp³-hybridized carbons (Fsp3) is 0.0508. The fourth-order valence-electron chi connectivity index (χ4n) is 10.1. The summed E-state index contributed by atoms with van der Waals surface area (Å²) in [5, 5.41) is 6.97. The minimum atomic E-state index is -0.172. The third-order valence-corrected chi connectivity index (χ3v) is 13.1. The normalized spacial score (nSPS) is 12.9. The van der Waals surface area contributed by atoms with Crippen molar-refractivity contribution in [2.45, 2.75) is 19.3 Å². The molecule has 1 heterocycles. The number of nitrogens with zero attached hydrogens (tertiary/aromatic N) is 1. The topological polar surface area (TPSA) is 16.4 Å². The number of rotatable bonds is 6. The van der Waals surface area contributed by atoms with Gasteiger partial charge in [0.15, 0.2) is 5.58 Å². The summed E-state index contributed by atoms with van der Waals surface area (Å²) in [4.78, 5) is 2.44. The lowest BCUT2D eigenvalue weighted by Gasteiger charge is -2.30. The molecule has 0 aliphatic heterocycles. The maximum atomic E-state index is 7.37. The lowest BCUT2D eigenvalue weighted by molar-refractivity contribution is 0.660. The second kappa shape index (κ2) is 13.7. The van der Waals surface area contributed by atoms with Crippen LogP contribution in [0.25, 0.3) is 88.0 Å². The van der Waals surface area contributed by atoms with E-state index in [-0.39, 0.29) is 5.41 Å². The first-order chi connectivity index (χ1) is 30.0. The molecule has 11 aromatic rings. The molecular formula is C59H41NO. The van der Waals surface area contributed by atoms with Crippen molar-refractivity contribution in [3.05, 3.63) is 223 Å². The molecule has 288 valence electrons. The Labute approximate surface area is 355 Å². The number of hydrogen-bond acceptors (Lipinski definition) is 2. The number of benzene rings is 10. The van der Waals surface area contributed by atoms with Gasteiger partial charge in [0.2, 0.25) is 0 Å². The van der Waals surface area contributed by atoms with Crippen LogP contribution in [0, 0.1) is 0 Å². The summed E-state index contributed by atoms with van der Waals surface area (Å²) in [7, 11) is 0. The van der Waals surface area contributed by atoms with Crippen molar-refractivity contribution in [1.29, 1.82) is 0 Å². The molecule has 0 saturated heterocycles. The fourth-order valence-corrected chi connectivity index (χ4v) is 10.1. The Morgan fingerprint density at radius 3 is 1.52 bits per heavy atom. The van der Waals surface area contributed by atoms with Crippen molar-refractivity contribution in [2.24, 2.45) is 0 Å². The molecule has 2 nitrogen and oxygen atoms in total. The Hall–Kier alpha value is -7.68. The van der Waals surface area contributed by atoms with E-state index in [1.807, 2.05) is 0 Å².